The number of hydrogen-bond donors (Lipinski definition) is 1. The van der Waals surface area contributed by atoms with Gasteiger partial charge in [0.15, 0.2) is 0 Å². The summed E-state index contributed by atoms with van der Waals surface area (Å²) in [5, 5.41) is 11.2. The highest BCUT2D eigenvalue weighted by Gasteiger charge is 2.47. The molecule has 0 bridgehead atoms. The summed E-state index contributed by atoms with van der Waals surface area (Å²) in [6.45, 7) is 8.28. The number of furan rings is 1. The fourth-order valence-electron chi connectivity index (χ4n) is 3.71. The predicted molar refractivity (Wildman–Crippen MR) is 116 cm³/mol. The van der Waals surface area contributed by atoms with Crippen molar-refractivity contribution in [3.05, 3.63) is 58.6 Å². The third-order valence-corrected chi connectivity index (χ3v) is 5.18. The van der Waals surface area contributed by atoms with Crippen molar-refractivity contribution >= 4 is 17.4 Å². The molecule has 1 amide bonds. The van der Waals surface area contributed by atoms with Gasteiger partial charge in [0.2, 0.25) is 0 Å². The Morgan fingerprint density at radius 1 is 1.19 bits per heavy atom. The Bertz CT molecular complexity index is 1000. The highest BCUT2D eigenvalue weighted by Crippen LogP contribution is 2.41. The van der Waals surface area contributed by atoms with Crippen molar-refractivity contribution in [2.45, 2.75) is 46.3 Å². The molecule has 7 nitrogen and oxygen atoms in total. The Morgan fingerprint density at radius 2 is 1.94 bits per heavy atom. The molecule has 1 N–H and O–H groups in total. The van der Waals surface area contributed by atoms with Gasteiger partial charge in [0.25, 0.3) is 11.7 Å². The minimum Gasteiger partial charge on any atom is -0.507 e. The smallest absolute Gasteiger partial charge is 0.295 e. The van der Waals surface area contributed by atoms with E-state index in [-0.39, 0.29) is 17.4 Å². The summed E-state index contributed by atoms with van der Waals surface area (Å²) in [5.74, 6) is -0.207. The third-order valence-electron chi connectivity index (χ3n) is 5.18. The number of ketones is 1. The van der Waals surface area contributed by atoms with Gasteiger partial charge in [-0.15, -0.1) is 0 Å². The van der Waals surface area contributed by atoms with Gasteiger partial charge in [-0.25, -0.2) is 0 Å². The summed E-state index contributed by atoms with van der Waals surface area (Å²) in [5.41, 5.74) is 1.23. The molecular formula is C24H29NO6. The first-order valence-electron chi connectivity index (χ1n) is 10.4. The molecule has 7 heteroatoms. The van der Waals surface area contributed by atoms with Gasteiger partial charge in [-0.1, -0.05) is 11.6 Å². The van der Waals surface area contributed by atoms with E-state index < -0.39 is 17.7 Å². The van der Waals surface area contributed by atoms with Crippen LogP contribution in [0.4, 0.5) is 0 Å². The number of aliphatic hydroxyl groups excluding tert-OH is 1. The SMILES string of the molecule is COc1ccc(C)cc1/C(O)=C1\C(=O)C(=O)N(CCCOC(C)C)C1c1ccc(C)o1. The van der Waals surface area contributed by atoms with Crippen molar-refractivity contribution in [2.24, 2.45) is 0 Å². The first-order chi connectivity index (χ1) is 14.7. The standard InChI is InChI=1S/C24H29NO6/c1-14(2)30-12-6-11-25-21(19-10-8-16(4)31-19)20(23(27)24(25)28)22(26)17-13-15(3)7-9-18(17)29-5/h7-10,13-14,21,26H,6,11-12H2,1-5H3/b22-20+. The fourth-order valence-corrected chi connectivity index (χ4v) is 3.71. The molecule has 166 valence electrons. The Hall–Kier alpha value is -3.06. The van der Waals surface area contributed by atoms with Crippen LogP contribution < -0.4 is 4.74 Å². The van der Waals surface area contributed by atoms with Gasteiger partial charge in [-0.2, -0.15) is 0 Å². The number of carbonyl (C=O) groups is 2. The first kappa shape index (κ1) is 22.6. The molecule has 1 atom stereocenters. The zero-order valence-electron chi connectivity index (χ0n) is 18.6. The predicted octanol–water partition coefficient (Wildman–Crippen LogP) is 4.14. The molecule has 1 saturated heterocycles. The normalized spacial score (nSPS) is 18.3. The van der Waals surface area contributed by atoms with Gasteiger partial charge in [0, 0.05) is 13.2 Å². The van der Waals surface area contributed by atoms with Crippen LogP contribution in [0.15, 0.2) is 40.3 Å². The van der Waals surface area contributed by atoms with E-state index in [4.69, 9.17) is 13.9 Å². The van der Waals surface area contributed by atoms with Gasteiger partial charge in [-0.05, 0) is 58.4 Å². The van der Waals surface area contributed by atoms with Crippen molar-refractivity contribution in [3.8, 4) is 5.75 Å². The van der Waals surface area contributed by atoms with Crippen LogP contribution in [-0.2, 0) is 14.3 Å². The maximum atomic E-state index is 13.0. The number of rotatable bonds is 8. The second-order valence-corrected chi connectivity index (χ2v) is 7.92. The van der Waals surface area contributed by atoms with E-state index in [9.17, 15) is 14.7 Å². The number of aliphatic hydroxyl groups is 1. The van der Waals surface area contributed by atoms with Crippen LogP contribution >= 0.6 is 0 Å². The molecule has 1 aromatic carbocycles. The molecule has 0 spiro atoms. The zero-order chi connectivity index (χ0) is 22.7. The summed E-state index contributed by atoms with van der Waals surface area (Å²) in [7, 11) is 1.49. The number of nitrogens with zero attached hydrogens (tertiary/aromatic N) is 1. The van der Waals surface area contributed by atoms with Crippen molar-refractivity contribution in [3.63, 3.8) is 0 Å². The molecule has 1 aromatic heterocycles. The van der Waals surface area contributed by atoms with E-state index in [2.05, 4.69) is 0 Å². The average Bonchev–Trinajstić information content (AvgIpc) is 3.26. The van der Waals surface area contributed by atoms with Crippen LogP contribution in [0.5, 0.6) is 5.75 Å². The Morgan fingerprint density at radius 3 is 2.55 bits per heavy atom. The van der Waals surface area contributed by atoms with Gasteiger partial charge in [0.05, 0.1) is 24.4 Å². The summed E-state index contributed by atoms with van der Waals surface area (Å²) in [6.07, 6.45) is 0.627. The highest BCUT2D eigenvalue weighted by molar-refractivity contribution is 6.46. The van der Waals surface area contributed by atoms with Gasteiger partial charge < -0.3 is 23.9 Å². The fraction of sp³-hybridized carbons (Fsp3) is 0.417. The zero-order valence-corrected chi connectivity index (χ0v) is 18.6. The second-order valence-electron chi connectivity index (χ2n) is 7.92. The Labute approximate surface area is 182 Å². The number of aryl methyl sites for hydroxylation is 2. The quantitative estimate of drug-likeness (QED) is 0.295. The number of hydrogen-bond acceptors (Lipinski definition) is 6. The lowest BCUT2D eigenvalue weighted by molar-refractivity contribution is -0.140. The van der Waals surface area contributed by atoms with Crippen LogP contribution in [0.25, 0.3) is 5.76 Å². The molecule has 1 fully saturated rings. The van der Waals surface area contributed by atoms with Crippen LogP contribution in [0.2, 0.25) is 0 Å². The van der Waals surface area contributed by atoms with Crippen LogP contribution in [0.1, 0.15) is 49.0 Å². The maximum absolute atomic E-state index is 13.0. The number of benzene rings is 1. The lowest BCUT2D eigenvalue weighted by Gasteiger charge is -2.23. The summed E-state index contributed by atoms with van der Waals surface area (Å²) in [6, 6.07) is 7.96. The molecule has 1 aliphatic heterocycles. The van der Waals surface area contributed by atoms with Crippen molar-refractivity contribution in [2.75, 3.05) is 20.3 Å². The molecule has 0 aliphatic carbocycles. The van der Waals surface area contributed by atoms with Crippen LogP contribution in [-0.4, -0.2) is 48.1 Å². The lowest BCUT2D eigenvalue weighted by atomic mass is 9.98. The largest absolute Gasteiger partial charge is 0.507 e. The van der Waals surface area contributed by atoms with E-state index in [1.54, 1.807) is 31.2 Å². The minimum absolute atomic E-state index is 0.00646. The van der Waals surface area contributed by atoms with Crippen LogP contribution in [0.3, 0.4) is 0 Å². The first-order valence-corrected chi connectivity index (χ1v) is 10.4. The monoisotopic (exact) mass is 427 g/mol. The molecule has 3 rings (SSSR count). The van der Waals surface area contributed by atoms with E-state index in [1.165, 1.54) is 12.0 Å². The van der Waals surface area contributed by atoms with Gasteiger partial charge in [-0.3, -0.25) is 9.59 Å². The van der Waals surface area contributed by atoms with E-state index in [0.29, 0.717) is 42.4 Å². The van der Waals surface area contributed by atoms with Crippen molar-refractivity contribution < 1.29 is 28.6 Å². The summed E-state index contributed by atoms with van der Waals surface area (Å²) >= 11 is 0. The number of amides is 1. The van der Waals surface area contributed by atoms with Crippen molar-refractivity contribution in [1.82, 2.24) is 4.90 Å². The molecule has 1 unspecified atom stereocenters. The molecule has 31 heavy (non-hydrogen) atoms. The molecule has 0 radical (unpaired) electrons. The summed E-state index contributed by atoms with van der Waals surface area (Å²) < 4.78 is 16.7. The van der Waals surface area contributed by atoms with Gasteiger partial charge >= 0.3 is 0 Å². The van der Waals surface area contributed by atoms with E-state index in [0.717, 1.165) is 5.56 Å². The number of methoxy groups -OCH3 is 1. The second kappa shape index (κ2) is 9.39. The summed E-state index contributed by atoms with van der Waals surface area (Å²) in [4.78, 5) is 27.4. The molecule has 1 aliphatic rings. The minimum atomic E-state index is -0.821. The van der Waals surface area contributed by atoms with E-state index in [1.807, 2.05) is 26.8 Å². The van der Waals surface area contributed by atoms with Crippen LogP contribution in [0, 0.1) is 13.8 Å². The Balaban J connectivity index is 2.07. The Kier molecular flexibility index (Phi) is 6.85. The number of carbonyl (C=O) groups excluding carboxylic acids is 2. The maximum Gasteiger partial charge on any atom is 0.295 e. The molecular weight excluding hydrogens is 398 g/mol. The number of ether oxygens (including phenoxy) is 2. The molecule has 2 heterocycles. The lowest BCUT2D eigenvalue weighted by Crippen LogP contribution is -2.31. The molecule has 2 aromatic rings. The number of likely N-dealkylation sites (tertiary alicyclic amines) is 1. The average molecular weight is 427 g/mol. The topological polar surface area (TPSA) is 89.2 Å². The van der Waals surface area contributed by atoms with Crippen molar-refractivity contribution in [1.29, 1.82) is 0 Å². The highest BCUT2D eigenvalue weighted by atomic mass is 16.5. The number of Topliss-reactive ketones (excluding diaryl/α,β-unsaturated/α-hetero) is 1. The van der Waals surface area contributed by atoms with Gasteiger partial charge in [0.1, 0.15) is 29.1 Å². The van der Waals surface area contributed by atoms with E-state index >= 15 is 0 Å². The third kappa shape index (κ3) is 4.66. The molecule has 0 saturated carbocycles.